The van der Waals surface area contributed by atoms with Crippen LogP contribution in [0.5, 0.6) is 0 Å². The van der Waals surface area contributed by atoms with E-state index in [1.165, 1.54) is 0 Å². The van der Waals surface area contributed by atoms with Gasteiger partial charge in [-0.2, -0.15) is 0 Å². The number of carbonyl (C=O) groups is 2. The lowest BCUT2D eigenvalue weighted by Gasteiger charge is -2.02. The second-order valence-electron chi connectivity index (χ2n) is 2.20. The van der Waals surface area contributed by atoms with Crippen molar-refractivity contribution in [3.8, 4) is 0 Å². The maximum Gasteiger partial charge on any atom is 0.309 e. The van der Waals surface area contributed by atoms with E-state index in [0.717, 1.165) is 6.42 Å². The van der Waals surface area contributed by atoms with Gasteiger partial charge in [-0.3, -0.25) is 9.59 Å². The predicted molar refractivity (Wildman–Crippen MR) is 47.0 cm³/mol. The summed E-state index contributed by atoms with van der Waals surface area (Å²) >= 11 is 5.31. The Hall–Kier alpha value is -0.770. The molecule has 0 radical (unpaired) electrons. The van der Waals surface area contributed by atoms with Crippen molar-refractivity contribution < 1.29 is 9.59 Å². The van der Waals surface area contributed by atoms with Gasteiger partial charge in [-0.1, -0.05) is 6.92 Å². The predicted octanol–water partition coefficient (Wildman–Crippen LogP) is -0.132. The number of nitrogens with one attached hydrogen (secondary N) is 2. The van der Waals surface area contributed by atoms with Gasteiger partial charge in [-0.05, 0) is 6.42 Å². The van der Waals surface area contributed by atoms with Crippen LogP contribution in [0.15, 0.2) is 0 Å². The summed E-state index contributed by atoms with van der Waals surface area (Å²) in [5.41, 5.74) is 0. The van der Waals surface area contributed by atoms with Crippen LogP contribution < -0.4 is 10.6 Å². The van der Waals surface area contributed by atoms with Crippen molar-refractivity contribution in [1.82, 2.24) is 10.6 Å². The lowest BCUT2D eigenvalue weighted by molar-refractivity contribution is -0.139. The second kappa shape index (κ2) is 6.91. The minimum absolute atomic E-state index is 0.312. The van der Waals surface area contributed by atoms with Crippen LogP contribution in [0, 0.1) is 0 Å². The molecule has 4 nitrogen and oxygen atoms in total. The molecule has 0 unspecified atom stereocenters. The first-order valence-electron chi connectivity index (χ1n) is 3.84. The Morgan fingerprint density at radius 1 is 1.17 bits per heavy atom. The van der Waals surface area contributed by atoms with Gasteiger partial charge in [0, 0.05) is 19.0 Å². The van der Waals surface area contributed by atoms with Gasteiger partial charge in [-0.15, -0.1) is 11.6 Å². The van der Waals surface area contributed by atoms with E-state index >= 15 is 0 Å². The summed E-state index contributed by atoms with van der Waals surface area (Å²) in [5.74, 6) is -0.904. The molecule has 0 saturated carbocycles. The van der Waals surface area contributed by atoms with E-state index in [-0.39, 0.29) is 0 Å². The first-order valence-corrected chi connectivity index (χ1v) is 4.37. The van der Waals surface area contributed by atoms with Crippen LogP contribution in [0.3, 0.4) is 0 Å². The molecular weight excluding hydrogens is 180 g/mol. The Kier molecular flexibility index (Phi) is 6.47. The van der Waals surface area contributed by atoms with Crippen molar-refractivity contribution in [3.63, 3.8) is 0 Å². The highest BCUT2D eigenvalue weighted by molar-refractivity contribution is 6.35. The molecule has 0 aliphatic heterocycles. The molecule has 0 atom stereocenters. The molecule has 0 aromatic rings. The van der Waals surface area contributed by atoms with Crippen LogP contribution in [0.1, 0.15) is 13.3 Å². The average Bonchev–Trinajstić information content (AvgIpc) is 2.10. The smallest absolute Gasteiger partial charge is 0.309 e. The van der Waals surface area contributed by atoms with Gasteiger partial charge >= 0.3 is 11.8 Å². The van der Waals surface area contributed by atoms with Crippen molar-refractivity contribution in [2.24, 2.45) is 0 Å². The standard InChI is InChI=1S/C7H13ClN2O2/c1-2-4-9-6(11)7(12)10-5-3-8/h2-5H2,1H3,(H,9,11)(H,10,12). The minimum atomic E-state index is -0.621. The largest absolute Gasteiger partial charge is 0.348 e. The molecule has 12 heavy (non-hydrogen) atoms. The van der Waals surface area contributed by atoms with E-state index in [9.17, 15) is 9.59 Å². The maximum absolute atomic E-state index is 10.8. The maximum atomic E-state index is 10.8. The van der Waals surface area contributed by atoms with E-state index in [1.807, 2.05) is 6.92 Å². The number of carbonyl (C=O) groups excluding carboxylic acids is 2. The summed E-state index contributed by atoms with van der Waals surface area (Å²) in [4.78, 5) is 21.7. The molecule has 2 amide bonds. The fourth-order valence-electron chi connectivity index (χ4n) is 0.560. The molecule has 0 aromatic carbocycles. The Labute approximate surface area is 76.7 Å². The zero-order valence-electron chi connectivity index (χ0n) is 7.02. The lowest BCUT2D eigenvalue weighted by atomic mass is 10.4. The highest BCUT2D eigenvalue weighted by Crippen LogP contribution is 1.74. The fraction of sp³-hybridized carbons (Fsp3) is 0.714. The van der Waals surface area contributed by atoms with Gasteiger partial charge in [-0.25, -0.2) is 0 Å². The molecule has 0 heterocycles. The van der Waals surface area contributed by atoms with Crippen LogP contribution in [0.25, 0.3) is 0 Å². The molecule has 0 saturated heterocycles. The van der Waals surface area contributed by atoms with Crippen LogP contribution in [0.2, 0.25) is 0 Å². The average molecular weight is 193 g/mol. The topological polar surface area (TPSA) is 58.2 Å². The summed E-state index contributed by atoms with van der Waals surface area (Å²) in [6.45, 7) is 2.75. The van der Waals surface area contributed by atoms with Crippen LogP contribution in [0.4, 0.5) is 0 Å². The molecule has 0 aromatic heterocycles. The van der Waals surface area contributed by atoms with Crippen LogP contribution in [-0.2, 0) is 9.59 Å². The zero-order chi connectivity index (χ0) is 9.40. The molecule has 0 fully saturated rings. The summed E-state index contributed by atoms with van der Waals surface area (Å²) in [5, 5.41) is 4.81. The van der Waals surface area contributed by atoms with Crippen LogP contribution in [-0.4, -0.2) is 30.8 Å². The highest BCUT2D eigenvalue weighted by atomic mass is 35.5. The molecule has 70 valence electrons. The zero-order valence-corrected chi connectivity index (χ0v) is 7.78. The molecule has 0 spiro atoms. The molecular formula is C7H13ClN2O2. The number of amides is 2. The Bertz CT molecular complexity index is 143. The summed E-state index contributed by atoms with van der Waals surface area (Å²) in [6.07, 6.45) is 0.814. The van der Waals surface area contributed by atoms with Crippen molar-refractivity contribution in [2.45, 2.75) is 13.3 Å². The molecule has 0 rings (SSSR count). The van der Waals surface area contributed by atoms with Gasteiger partial charge in [0.15, 0.2) is 0 Å². The van der Waals surface area contributed by atoms with Gasteiger partial charge in [0.25, 0.3) is 0 Å². The van der Waals surface area contributed by atoms with E-state index in [1.54, 1.807) is 0 Å². The number of halogens is 1. The first-order chi connectivity index (χ1) is 5.72. The van der Waals surface area contributed by atoms with E-state index < -0.39 is 11.8 Å². The molecule has 0 aliphatic carbocycles. The molecule has 0 bridgehead atoms. The number of hydrogen-bond acceptors (Lipinski definition) is 2. The van der Waals surface area contributed by atoms with Gasteiger partial charge in [0.2, 0.25) is 0 Å². The van der Waals surface area contributed by atoms with Crippen molar-refractivity contribution in [3.05, 3.63) is 0 Å². The van der Waals surface area contributed by atoms with Crippen molar-refractivity contribution in [2.75, 3.05) is 19.0 Å². The van der Waals surface area contributed by atoms with Gasteiger partial charge in [0.1, 0.15) is 0 Å². The molecule has 2 N–H and O–H groups in total. The van der Waals surface area contributed by atoms with Crippen molar-refractivity contribution >= 4 is 23.4 Å². The van der Waals surface area contributed by atoms with Crippen LogP contribution >= 0.6 is 11.6 Å². The molecule has 0 aliphatic rings. The van der Waals surface area contributed by atoms with E-state index in [4.69, 9.17) is 11.6 Å². The fourth-order valence-corrected chi connectivity index (χ4v) is 0.654. The van der Waals surface area contributed by atoms with Crippen molar-refractivity contribution in [1.29, 1.82) is 0 Å². The highest BCUT2D eigenvalue weighted by Gasteiger charge is 2.10. The number of alkyl halides is 1. The third-order valence-corrected chi connectivity index (χ3v) is 1.31. The number of rotatable bonds is 4. The first kappa shape index (κ1) is 11.2. The Balaban J connectivity index is 3.55. The third-order valence-electron chi connectivity index (χ3n) is 1.12. The minimum Gasteiger partial charge on any atom is -0.348 e. The van der Waals surface area contributed by atoms with E-state index in [0.29, 0.717) is 19.0 Å². The summed E-state index contributed by atoms with van der Waals surface area (Å²) in [7, 11) is 0. The SMILES string of the molecule is CCCNC(=O)C(=O)NCCCl. The second-order valence-corrected chi connectivity index (χ2v) is 2.58. The Morgan fingerprint density at radius 3 is 2.08 bits per heavy atom. The molecule has 5 heteroatoms. The Morgan fingerprint density at radius 2 is 1.67 bits per heavy atom. The summed E-state index contributed by atoms with van der Waals surface area (Å²) < 4.78 is 0. The number of hydrogen-bond donors (Lipinski definition) is 2. The third kappa shape index (κ3) is 4.96. The monoisotopic (exact) mass is 192 g/mol. The van der Waals surface area contributed by atoms with Gasteiger partial charge in [0.05, 0.1) is 0 Å². The lowest BCUT2D eigenvalue weighted by Crippen LogP contribution is -2.40. The normalized spacial score (nSPS) is 9.17. The summed E-state index contributed by atoms with van der Waals surface area (Å²) in [6, 6.07) is 0. The van der Waals surface area contributed by atoms with Gasteiger partial charge < -0.3 is 10.6 Å². The van der Waals surface area contributed by atoms with E-state index in [2.05, 4.69) is 10.6 Å². The quantitative estimate of drug-likeness (QED) is 0.482.